The summed E-state index contributed by atoms with van der Waals surface area (Å²) >= 11 is 5.82. The molecule has 0 heterocycles. The van der Waals surface area contributed by atoms with Crippen LogP contribution in [0.1, 0.15) is 16.7 Å². The van der Waals surface area contributed by atoms with Crippen molar-refractivity contribution < 1.29 is 14.0 Å². The number of anilines is 1. The minimum atomic E-state index is -0.975. The van der Waals surface area contributed by atoms with Crippen molar-refractivity contribution in [2.24, 2.45) is 5.10 Å². The molecule has 0 saturated heterocycles. The van der Waals surface area contributed by atoms with E-state index in [1.165, 1.54) is 18.2 Å². The van der Waals surface area contributed by atoms with Gasteiger partial charge in [-0.2, -0.15) is 5.10 Å². The minimum Gasteiger partial charge on any atom is -0.318 e. The van der Waals surface area contributed by atoms with E-state index in [1.54, 1.807) is 12.1 Å². The molecule has 124 valence electrons. The van der Waals surface area contributed by atoms with Crippen LogP contribution in [0.5, 0.6) is 0 Å². The van der Waals surface area contributed by atoms with Gasteiger partial charge in [-0.05, 0) is 49.2 Å². The Morgan fingerprint density at radius 2 is 1.88 bits per heavy atom. The number of aryl methyl sites for hydroxylation is 2. The fraction of sp³-hybridized carbons (Fsp3) is 0.118. The molecule has 0 saturated carbocycles. The zero-order chi connectivity index (χ0) is 17.7. The maximum absolute atomic E-state index is 13.5. The number of rotatable bonds is 3. The Bertz CT molecular complexity index is 801. The molecule has 2 rings (SSSR count). The molecule has 24 heavy (non-hydrogen) atoms. The maximum Gasteiger partial charge on any atom is 0.329 e. The van der Waals surface area contributed by atoms with E-state index in [2.05, 4.69) is 10.4 Å². The van der Waals surface area contributed by atoms with Gasteiger partial charge in [0.05, 0.1) is 11.2 Å². The molecule has 0 bridgehead atoms. The van der Waals surface area contributed by atoms with Crippen molar-refractivity contribution in [2.45, 2.75) is 13.8 Å². The smallest absolute Gasteiger partial charge is 0.318 e. The number of hydrogen-bond donors (Lipinski definition) is 2. The van der Waals surface area contributed by atoms with Crippen LogP contribution in [0.3, 0.4) is 0 Å². The first kappa shape index (κ1) is 17.6. The first-order chi connectivity index (χ1) is 11.4. The fourth-order valence-electron chi connectivity index (χ4n) is 1.85. The van der Waals surface area contributed by atoms with Gasteiger partial charge in [0.15, 0.2) is 0 Å². The van der Waals surface area contributed by atoms with Gasteiger partial charge in [-0.3, -0.25) is 9.59 Å². The van der Waals surface area contributed by atoms with Gasteiger partial charge in [0.2, 0.25) is 0 Å². The third-order valence-corrected chi connectivity index (χ3v) is 3.66. The quantitative estimate of drug-likeness (QED) is 0.508. The zero-order valence-corrected chi connectivity index (χ0v) is 13.8. The number of nitrogens with one attached hydrogen (secondary N) is 2. The number of hydrazone groups is 1. The minimum absolute atomic E-state index is 0.0223. The summed E-state index contributed by atoms with van der Waals surface area (Å²) < 4.78 is 13.5. The lowest BCUT2D eigenvalue weighted by molar-refractivity contribution is -0.136. The molecule has 5 nitrogen and oxygen atoms in total. The van der Waals surface area contributed by atoms with E-state index in [0.29, 0.717) is 5.69 Å². The van der Waals surface area contributed by atoms with Crippen LogP contribution >= 0.6 is 11.6 Å². The molecule has 7 heteroatoms. The molecule has 2 aromatic rings. The molecular weight excluding hydrogens is 333 g/mol. The third-order valence-electron chi connectivity index (χ3n) is 3.33. The van der Waals surface area contributed by atoms with Gasteiger partial charge in [-0.25, -0.2) is 9.82 Å². The molecule has 0 aromatic heterocycles. The predicted octanol–water partition coefficient (Wildman–Crippen LogP) is 3.18. The zero-order valence-electron chi connectivity index (χ0n) is 13.1. The Morgan fingerprint density at radius 1 is 1.12 bits per heavy atom. The number of amides is 2. The highest BCUT2D eigenvalue weighted by Crippen LogP contribution is 2.16. The summed E-state index contributed by atoms with van der Waals surface area (Å²) in [5.41, 5.74) is 4.61. The number of carbonyl (C=O) groups excluding carboxylic acids is 2. The maximum atomic E-state index is 13.5. The van der Waals surface area contributed by atoms with Crippen LogP contribution in [-0.4, -0.2) is 18.0 Å². The van der Waals surface area contributed by atoms with E-state index < -0.39 is 17.6 Å². The molecule has 0 spiro atoms. The van der Waals surface area contributed by atoms with E-state index in [1.807, 2.05) is 25.3 Å². The number of halogens is 2. The van der Waals surface area contributed by atoms with E-state index in [0.717, 1.165) is 17.3 Å². The Labute approximate surface area is 143 Å². The SMILES string of the molecule is Cc1ccc(NC(=O)C(=O)N/N=C/c2c(F)cccc2Cl)cc1C. The highest BCUT2D eigenvalue weighted by Gasteiger charge is 2.13. The van der Waals surface area contributed by atoms with Crippen molar-refractivity contribution in [1.82, 2.24) is 5.43 Å². The third kappa shape index (κ3) is 4.39. The molecule has 2 aromatic carbocycles. The second-order valence-corrected chi connectivity index (χ2v) is 5.49. The lowest BCUT2D eigenvalue weighted by atomic mass is 10.1. The van der Waals surface area contributed by atoms with Gasteiger partial charge in [0.1, 0.15) is 5.82 Å². The van der Waals surface area contributed by atoms with Crippen molar-refractivity contribution >= 4 is 35.3 Å². The summed E-state index contributed by atoms with van der Waals surface area (Å²) in [6.45, 7) is 3.84. The topological polar surface area (TPSA) is 70.6 Å². The Morgan fingerprint density at radius 3 is 2.54 bits per heavy atom. The van der Waals surface area contributed by atoms with Crippen molar-refractivity contribution in [2.75, 3.05) is 5.32 Å². The lowest BCUT2D eigenvalue weighted by Crippen LogP contribution is -2.32. The Kier molecular flexibility index (Phi) is 5.65. The van der Waals surface area contributed by atoms with Crippen LogP contribution in [0, 0.1) is 19.7 Å². The number of carbonyl (C=O) groups is 2. The van der Waals surface area contributed by atoms with E-state index in [4.69, 9.17) is 11.6 Å². The van der Waals surface area contributed by atoms with Crippen molar-refractivity contribution in [1.29, 1.82) is 0 Å². The van der Waals surface area contributed by atoms with Crippen molar-refractivity contribution in [3.8, 4) is 0 Å². The molecule has 0 aliphatic heterocycles. The molecular formula is C17H15ClFN3O2. The first-order valence-corrected chi connectivity index (χ1v) is 7.42. The summed E-state index contributed by atoms with van der Waals surface area (Å²) in [6, 6.07) is 9.42. The van der Waals surface area contributed by atoms with Gasteiger partial charge in [0.25, 0.3) is 0 Å². The fourth-order valence-corrected chi connectivity index (χ4v) is 2.06. The van der Waals surface area contributed by atoms with Crippen molar-refractivity contribution in [3.05, 3.63) is 63.9 Å². The largest absolute Gasteiger partial charge is 0.329 e. The van der Waals surface area contributed by atoms with E-state index in [-0.39, 0.29) is 10.6 Å². The average molecular weight is 348 g/mol. The summed E-state index contributed by atoms with van der Waals surface area (Å²) in [5, 5.41) is 6.15. The van der Waals surface area contributed by atoms with Gasteiger partial charge >= 0.3 is 11.8 Å². The second-order valence-electron chi connectivity index (χ2n) is 5.09. The lowest BCUT2D eigenvalue weighted by Gasteiger charge is -2.06. The predicted molar refractivity (Wildman–Crippen MR) is 91.7 cm³/mol. The van der Waals surface area contributed by atoms with Crippen LogP contribution in [0.15, 0.2) is 41.5 Å². The molecule has 0 radical (unpaired) electrons. The molecule has 0 aliphatic carbocycles. The number of hydrogen-bond acceptors (Lipinski definition) is 3. The molecule has 2 amide bonds. The summed E-state index contributed by atoms with van der Waals surface area (Å²) in [7, 11) is 0. The van der Waals surface area contributed by atoms with Gasteiger partial charge in [-0.15, -0.1) is 0 Å². The van der Waals surface area contributed by atoms with Crippen LogP contribution in [0.25, 0.3) is 0 Å². The molecule has 0 unspecified atom stereocenters. The highest BCUT2D eigenvalue weighted by molar-refractivity contribution is 6.39. The second kappa shape index (κ2) is 7.70. The summed E-state index contributed by atoms with van der Waals surface area (Å²) in [4.78, 5) is 23.5. The normalized spacial score (nSPS) is 10.7. The average Bonchev–Trinajstić information content (AvgIpc) is 2.53. The first-order valence-electron chi connectivity index (χ1n) is 7.04. The van der Waals surface area contributed by atoms with Gasteiger partial charge in [-0.1, -0.05) is 23.7 Å². The summed E-state index contributed by atoms with van der Waals surface area (Å²) in [5.74, 6) is -2.44. The number of benzene rings is 2. The molecule has 0 fully saturated rings. The van der Waals surface area contributed by atoms with Crippen LogP contribution in [0.4, 0.5) is 10.1 Å². The monoisotopic (exact) mass is 347 g/mol. The molecule has 0 aliphatic rings. The van der Waals surface area contributed by atoms with E-state index in [9.17, 15) is 14.0 Å². The Balaban J connectivity index is 1.98. The van der Waals surface area contributed by atoms with Crippen molar-refractivity contribution in [3.63, 3.8) is 0 Å². The van der Waals surface area contributed by atoms with E-state index >= 15 is 0 Å². The highest BCUT2D eigenvalue weighted by atomic mass is 35.5. The molecule has 2 N–H and O–H groups in total. The van der Waals surface area contributed by atoms with Crippen LogP contribution in [0.2, 0.25) is 5.02 Å². The van der Waals surface area contributed by atoms with Crippen LogP contribution in [-0.2, 0) is 9.59 Å². The molecule has 0 atom stereocenters. The number of nitrogens with zero attached hydrogens (tertiary/aromatic N) is 1. The Hall–Kier alpha value is -2.73. The van der Waals surface area contributed by atoms with Gasteiger partial charge < -0.3 is 5.32 Å². The summed E-state index contributed by atoms with van der Waals surface area (Å²) in [6.07, 6.45) is 1.04. The standard InChI is InChI=1S/C17H15ClFN3O2/c1-10-6-7-12(8-11(10)2)21-16(23)17(24)22-20-9-13-14(18)4-3-5-15(13)19/h3-9H,1-2H3,(H,21,23)(H,22,24)/b20-9+. The van der Waals surface area contributed by atoms with Crippen LogP contribution < -0.4 is 10.7 Å². The van der Waals surface area contributed by atoms with Gasteiger partial charge in [0, 0.05) is 11.3 Å².